The number of likely N-dealkylation sites (tertiary alicyclic amines) is 1. The Morgan fingerprint density at radius 1 is 1.45 bits per heavy atom. The predicted octanol–water partition coefficient (Wildman–Crippen LogP) is 2.39. The Bertz CT molecular complexity index is 540. The molecule has 1 aliphatic heterocycles. The molecule has 0 aromatic carbocycles. The second-order valence-corrected chi connectivity index (χ2v) is 6.20. The third-order valence-corrected chi connectivity index (χ3v) is 4.55. The third kappa shape index (κ3) is 3.42. The zero-order valence-electron chi connectivity index (χ0n) is 11.7. The van der Waals surface area contributed by atoms with Gasteiger partial charge in [-0.25, -0.2) is 4.98 Å². The molecule has 0 aliphatic carbocycles. The number of nitrogens with zero attached hydrogens (tertiary/aromatic N) is 3. The standard InChI is InChI=1S/C15H20N4S/c1-19-8-4-5-12(10-19)17-9-13-11-20-15(18-13)14-6-2-3-7-16-14/h2-3,6-7,11-12,17H,4-5,8-10H2,1H3. The summed E-state index contributed by atoms with van der Waals surface area (Å²) < 4.78 is 0. The Morgan fingerprint density at radius 2 is 2.40 bits per heavy atom. The molecule has 2 aromatic rings. The highest BCUT2D eigenvalue weighted by molar-refractivity contribution is 7.13. The fraction of sp³-hybridized carbons (Fsp3) is 0.467. The Kier molecular flexibility index (Phi) is 4.40. The van der Waals surface area contributed by atoms with Crippen LogP contribution >= 0.6 is 11.3 Å². The molecule has 106 valence electrons. The van der Waals surface area contributed by atoms with E-state index in [0.29, 0.717) is 6.04 Å². The van der Waals surface area contributed by atoms with Gasteiger partial charge in [-0.1, -0.05) is 6.07 Å². The molecule has 5 heteroatoms. The number of rotatable bonds is 4. The Hall–Kier alpha value is -1.30. The van der Waals surface area contributed by atoms with Gasteiger partial charge in [0.25, 0.3) is 0 Å². The van der Waals surface area contributed by atoms with Gasteiger partial charge in [0.2, 0.25) is 0 Å². The first-order valence-corrected chi connectivity index (χ1v) is 7.97. The number of piperidine rings is 1. The number of nitrogens with one attached hydrogen (secondary N) is 1. The van der Waals surface area contributed by atoms with Gasteiger partial charge in [-0.15, -0.1) is 11.3 Å². The lowest BCUT2D eigenvalue weighted by Crippen LogP contribution is -2.43. The minimum absolute atomic E-state index is 0.591. The van der Waals surface area contributed by atoms with E-state index in [1.165, 1.54) is 19.4 Å². The van der Waals surface area contributed by atoms with Crippen LogP contribution in [0.2, 0.25) is 0 Å². The van der Waals surface area contributed by atoms with Crippen LogP contribution in [0.1, 0.15) is 18.5 Å². The van der Waals surface area contributed by atoms with Crippen molar-refractivity contribution in [3.8, 4) is 10.7 Å². The zero-order valence-corrected chi connectivity index (χ0v) is 12.6. The van der Waals surface area contributed by atoms with Crippen LogP contribution in [0.25, 0.3) is 10.7 Å². The van der Waals surface area contributed by atoms with Gasteiger partial charge in [-0.2, -0.15) is 0 Å². The maximum atomic E-state index is 4.66. The van der Waals surface area contributed by atoms with Crippen LogP contribution in [0, 0.1) is 0 Å². The number of thiazole rings is 1. The molecule has 1 saturated heterocycles. The van der Waals surface area contributed by atoms with E-state index in [0.717, 1.165) is 29.5 Å². The lowest BCUT2D eigenvalue weighted by atomic mass is 10.1. The van der Waals surface area contributed by atoms with Gasteiger partial charge in [0.1, 0.15) is 5.01 Å². The van der Waals surface area contributed by atoms with Crippen molar-refractivity contribution in [2.75, 3.05) is 20.1 Å². The first kappa shape index (κ1) is 13.7. The summed E-state index contributed by atoms with van der Waals surface area (Å²) in [4.78, 5) is 11.4. The monoisotopic (exact) mass is 288 g/mol. The molecular weight excluding hydrogens is 268 g/mol. The summed E-state index contributed by atoms with van der Waals surface area (Å²) >= 11 is 1.67. The smallest absolute Gasteiger partial charge is 0.142 e. The van der Waals surface area contributed by atoms with E-state index in [4.69, 9.17) is 0 Å². The van der Waals surface area contributed by atoms with Crippen molar-refractivity contribution in [2.24, 2.45) is 0 Å². The van der Waals surface area contributed by atoms with Crippen LogP contribution in [-0.2, 0) is 6.54 Å². The normalized spacial score (nSPS) is 20.1. The molecule has 3 rings (SSSR count). The van der Waals surface area contributed by atoms with Crippen molar-refractivity contribution in [1.29, 1.82) is 0 Å². The van der Waals surface area contributed by atoms with E-state index in [-0.39, 0.29) is 0 Å². The summed E-state index contributed by atoms with van der Waals surface area (Å²) in [6.45, 7) is 3.21. The number of hydrogen-bond donors (Lipinski definition) is 1. The van der Waals surface area contributed by atoms with Crippen molar-refractivity contribution in [1.82, 2.24) is 20.2 Å². The molecule has 1 aliphatic rings. The predicted molar refractivity (Wildman–Crippen MR) is 82.7 cm³/mol. The largest absolute Gasteiger partial charge is 0.307 e. The van der Waals surface area contributed by atoms with Crippen molar-refractivity contribution < 1.29 is 0 Å². The first-order valence-electron chi connectivity index (χ1n) is 7.09. The fourth-order valence-electron chi connectivity index (χ4n) is 2.58. The Morgan fingerprint density at radius 3 is 3.20 bits per heavy atom. The average molecular weight is 288 g/mol. The third-order valence-electron chi connectivity index (χ3n) is 3.63. The van der Waals surface area contributed by atoms with Crippen LogP contribution in [0.15, 0.2) is 29.8 Å². The molecule has 2 aromatic heterocycles. The number of likely N-dealkylation sites (N-methyl/N-ethyl adjacent to an activating group) is 1. The number of aromatic nitrogens is 2. The van der Waals surface area contributed by atoms with Gasteiger partial charge < -0.3 is 10.2 Å². The van der Waals surface area contributed by atoms with Gasteiger partial charge in [-0.05, 0) is 38.6 Å². The summed E-state index contributed by atoms with van der Waals surface area (Å²) in [5.41, 5.74) is 2.07. The average Bonchev–Trinajstić information content (AvgIpc) is 2.95. The molecule has 0 spiro atoms. The van der Waals surface area contributed by atoms with Crippen molar-refractivity contribution >= 4 is 11.3 Å². The molecule has 1 fully saturated rings. The molecule has 0 bridgehead atoms. The Balaban J connectivity index is 1.58. The van der Waals surface area contributed by atoms with Crippen LogP contribution in [0.3, 0.4) is 0 Å². The minimum atomic E-state index is 0.591. The molecule has 1 atom stereocenters. The summed E-state index contributed by atoms with van der Waals surface area (Å²) in [5.74, 6) is 0. The molecule has 3 heterocycles. The molecule has 0 amide bonds. The topological polar surface area (TPSA) is 41.0 Å². The molecule has 0 saturated carbocycles. The van der Waals surface area contributed by atoms with Crippen LogP contribution in [0.5, 0.6) is 0 Å². The van der Waals surface area contributed by atoms with E-state index in [1.807, 2.05) is 24.4 Å². The molecule has 1 N–H and O–H groups in total. The van der Waals surface area contributed by atoms with Crippen LogP contribution in [0.4, 0.5) is 0 Å². The molecule has 20 heavy (non-hydrogen) atoms. The van der Waals surface area contributed by atoms with Crippen LogP contribution in [-0.4, -0.2) is 41.0 Å². The van der Waals surface area contributed by atoms with Gasteiger partial charge in [0.05, 0.1) is 11.4 Å². The van der Waals surface area contributed by atoms with E-state index >= 15 is 0 Å². The highest BCUT2D eigenvalue weighted by Gasteiger charge is 2.16. The van der Waals surface area contributed by atoms with Crippen molar-refractivity contribution in [3.63, 3.8) is 0 Å². The minimum Gasteiger partial charge on any atom is -0.307 e. The highest BCUT2D eigenvalue weighted by atomic mass is 32.1. The number of pyridine rings is 1. The van der Waals surface area contributed by atoms with E-state index in [2.05, 4.69) is 32.6 Å². The molecular formula is C15H20N4S. The second-order valence-electron chi connectivity index (χ2n) is 5.34. The van der Waals surface area contributed by atoms with Gasteiger partial charge in [0, 0.05) is 30.7 Å². The lowest BCUT2D eigenvalue weighted by Gasteiger charge is -2.30. The molecule has 0 radical (unpaired) electrons. The van der Waals surface area contributed by atoms with E-state index in [1.54, 1.807) is 11.3 Å². The highest BCUT2D eigenvalue weighted by Crippen LogP contribution is 2.21. The van der Waals surface area contributed by atoms with E-state index in [9.17, 15) is 0 Å². The van der Waals surface area contributed by atoms with Gasteiger partial charge >= 0.3 is 0 Å². The first-order chi connectivity index (χ1) is 9.81. The fourth-order valence-corrected chi connectivity index (χ4v) is 3.37. The quantitative estimate of drug-likeness (QED) is 0.938. The maximum absolute atomic E-state index is 4.66. The van der Waals surface area contributed by atoms with E-state index < -0.39 is 0 Å². The Labute approximate surface area is 123 Å². The zero-order chi connectivity index (χ0) is 13.8. The summed E-state index contributed by atoms with van der Waals surface area (Å²) in [6, 6.07) is 6.53. The SMILES string of the molecule is CN1CCCC(NCc2csc(-c3ccccn3)n2)C1. The van der Waals surface area contributed by atoms with Crippen LogP contribution < -0.4 is 5.32 Å². The summed E-state index contributed by atoms with van der Waals surface area (Å²) in [6.07, 6.45) is 4.36. The maximum Gasteiger partial charge on any atom is 0.142 e. The van der Waals surface area contributed by atoms with Crippen molar-refractivity contribution in [3.05, 3.63) is 35.5 Å². The summed E-state index contributed by atoms with van der Waals surface area (Å²) in [5, 5.41) is 6.75. The van der Waals surface area contributed by atoms with Crippen molar-refractivity contribution in [2.45, 2.75) is 25.4 Å². The second kappa shape index (κ2) is 6.43. The van der Waals surface area contributed by atoms with Gasteiger partial charge in [-0.3, -0.25) is 4.98 Å². The number of hydrogen-bond acceptors (Lipinski definition) is 5. The lowest BCUT2D eigenvalue weighted by molar-refractivity contribution is 0.226. The summed E-state index contributed by atoms with van der Waals surface area (Å²) in [7, 11) is 2.19. The molecule has 1 unspecified atom stereocenters. The van der Waals surface area contributed by atoms with Gasteiger partial charge in [0.15, 0.2) is 0 Å². The molecule has 4 nitrogen and oxygen atoms in total.